The maximum absolute atomic E-state index is 8.59. The molecule has 0 bridgehead atoms. The van der Waals surface area contributed by atoms with Crippen LogP contribution >= 0.6 is 11.1 Å². The fourth-order valence-corrected chi connectivity index (χ4v) is 13.1. The zero-order valence-electron chi connectivity index (χ0n) is 43.6. The SMILES string of the molecule is CC(C)(C)c1cc(Cc2cccc([Si](Cl)(c3cccc(Cc4cc(C(C)(C)C)cc(C(C)(C)C)c4)c3)c3cccc(Cc4cc(C(C)(C)C)cc(C(C)(C)C)c4)c3)c2)cc(C(C)(C)C)c1. The van der Waals surface area contributed by atoms with E-state index in [0.717, 1.165) is 19.3 Å². The van der Waals surface area contributed by atoms with Crippen molar-refractivity contribution >= 4 is 34.0 Å². The first kappa shape index (κ1) is 50.2. The molecule has 0 aliphatic rings. The highest BCUT2D eigenvalue weighted by Crippen LogP contribution is 2.34. The zero-order valence-corrected chi connectivity index (χ0v) is 45.4. The highest BCUT2D eigenvalue weighted by molar-refractivity contribution is 7.40. The molecule has 65 heavy (non-hydrogen) atoms. The molecule has 2 heteroatoms. The summed E-state index contributed by atoms with van der Waals surface area (Å²) in [7, 11) is -3.10. The molecule has 0 fully saturated rings. The van der Waals surface area contributed by atoms with Gasteiger partial charge in [-0.1, -0.05) is 252 Å². The van der Waals surface area contributed by atoms with E-state index in [2.05, 4.69) is 252 Å². The Kier molecular flexibility index (Phi) is 14.0. The van der Waals surface area contributed by atoms with Gasteiger partial charge < -0.3 is 0 Å². The molecule has 6 aromatic rings. The smallest absolute Gasteiger partial charge is 0.149 e. The Hall–Kier alpha value is -4.17. The van der Waals surface area contributed by atoms with Crippen molar-refractivity contribution in [2.24, 2.45) is 0 Å². The van der Waals surface area contributed by atoms with E-state index in [9.17, 15) is 0 Å². The molecule has 344 valence electrons. The Morgan fingerprint density at radius 3 is 0.662 bits per heavy atom. The third-order valence-corrected chi connectivity index (χ3v) is 18.7. The molecular formula is C63H81ClSi. The van der Waals surface area contributed by atoms with Crippen LogP contribution in [0.3, 0.4) is 0 Å². The topological polar surface area (TPSA) is 0 Å². The molecular weight excluding hydrogens is 820 g/mol. The van der Waals surface area contributed by atoms with Gasteiger partial charge in [0.2, 0.25) is 7.38 Å². The van der Waals surface area contributed by atoms with Gasteiger partial charge in [-0.15, -0.1) is 11.1 Å². The molecule has 0 amide bonds. The van der Waals surface area contributed by atoms with Gasteiger partial charge in [0, 0.05) is 0 Å². The van der Waals surface area contributed by atoms with Crippen molar-refractivity contribution in [2.75, 3.05) is 0 Å². The van der Waals surface area contributed by atoms with Crippen molar-refractivity contribution in [3.8, 4) is 0 Å². The van der Waals surface area contributed by atoms with Crippen LogP contribution in [0, 0.1) is 0 Å². The maximum atomic E-state index is 8.59. The Bertz CT molecular complexity index is 2240. The number of hydrogen-bond donors (Lipinski definition) is 0. The number of halogens is 1. The quantitative estimate of drug-likeness (QED) is 0.0770. The van der Waals surface area contributed by atoms with E-state index in [-0.39, 0.29) is 32.5 Å². The predicted molar refractivity (Wildman–Crippen MR) is 290 cm³/mol. The van der Waals surface area contributed by atoms with Gasteiger partial charge in [0.15, 0.2) is 0 Å². The fourth-order valence-electron chi connectivity index (χ4n) is 8.87. The molecule has 0 aromatic heterocycles. The van der Waals surface area contributed by atoms with Crippen LogP contribution in [0.15, 0.2) is 127 Å². The summed E-state index contributed by atoms with van der Waals surface area (Å²) >= 11 is 8.59. The van der Waals surface area contributed by atoms with E-state index in [1.54, 1.807) is 0 Å². The summed E-state index contributed by atoms with van der Waals surface area (Å²) in [6.07, 6.45) is 2.55. The summed E-state index contributed by atoms with van der Waals surface area (Å²) < 4.78 is 0. The lowest BCUT2D eigenvalue weighted by molar-refractivity contribution is 0.566. The summed E-state index contributed by atoms with van der Waals surface area (Å²) in [4.78, 5) is 0. The van der Waals surface area contributed by atoms with Crippen LogP contribution < -0.4 is 15.6 Å². The van der Waals surface area contributed by atoms with E-state index in [1.165, 1.54) is 82.3 Å². The van der Waals surface area contributed by atoms with Crippen molar-refractivity contribution in [1.82, 2.24) is 0 Å². The highest BCUT2D eigenvalue weighted by atomic mass is 35.6. The first-order chi connectivity index (χ1) is 29.8. The van der Waals surface area contributed by atoms with Crippen LogP contribution in [0.4, 0.5) is 0 Å². The van der Waals surface area contributed by atoms with Crippen LogP contribution in [0.2, 0.25) is 0 Å². The maximum Gasteiger partial charge on any atom is 0.247 e. The van der Waals surface area contributed by atoms with Crippen LogP contribution in [-0.2, 0) is 51.8 Å². The minimum absolute atomic E-state index is 0.0524. The Labute approximate surface area is 402 Å². The summed E-state index contributed by atoms with van der Waals surface area (Å²) in [6, 6.07) is 49.7. The van der Waals surface area contributed by atoms with Crippen LogP contribution in [0.1, 0.15) is 191 Å². The monoisotopic (exact) mass is 901 g/mol. The summed E-state index contributed by atoms with van der Waals surface area (Å²) in [5, 5.41) is 3.68. The second-order valence-corrected chi connectivity index (χ2v) is 30.3. The lowest BCUT2D eigenvalue weighted by atomic mass is 9.79. The molecule has 6 aromatic carbocycles. The fraction of sp³-hybridized carbons (Fsp3) is 0.429. The lowest BCUT2D eigenvalue weighted by Crippen LogP contribution is -2.63. The Morgan fingerprint density at radius 1 is 0.277 bits per heavy atom. The van der Waals surface area contributed by atoms with E-state index in [4.69, 9.17) is 11.1 Å². The van der Waals surface area contributed by atoms with Crippen molar-refractivity contribution in [2.45, 2.75) is 176 Å². The predicted octanol–water partition coefficient (Wildman–Crippen LogP) is 15.4. The summed E-state index contributed by atoms with van der Waals surface area (Å²) in [5.41, 5.74) is 16.6. The second kappa shape index (κ2) is 18.1. The molecule has 0 atom stereocenters. The van der Waals surface area contributed by atoms with Crippen LogP contribution in [0.5, 0.6) is 0 Å². The molecule has 0 aliphatic carbocycles. The number of hydrogen-bond acceptors (Lipinski definition) is 0. The zero-order chi connectivity index (χ0) is 48.1. The Morgan fingerprint density at radius 2 is 0.477 bits per heavy atom. The first-order valence-corrected chi connectivity index (χ1v) is 27.2. The first-order valence-electron chi connectivity index (χ1n) is 24.2. The average Bonchev–Trinajstić information content (AvgIpc) is 3.18. The van der Waals surface area contributed by atoms with Gasteiger partial charge in [-0.05, 0) is 134 Å². The minimum Gasteiger partial charge on any atom is -0.149 e. The number of rotatable bonds is 9. The van der Waals surface area contributed by atoms with E-state index in [0.29, 0.717) is 0 Å². The molecule has 0 nitrogen and oxygen atoms in total. The molecule has 0 spiro atoms. The molecule has 0 saturated carbocycles. The minimum atomic E-state index is -3.10. The van der Waals surface area contributed by atoms with Gasteiger partial charge in [0.25, 0.3) is 0 Å². The van der Waals surface area contributed by atoms with E-state index < -0.39 is 7.38 Å². The highest BCUT2D eigenvalue weighted by Gasteiger charge is 2.39. The van der Waals surface area contributed by atoms with Crippen LogP contribution in [-0.4, -0.2) is 7.38 Å². The van der Waals surface area contributed by atoms with E-state index in [1.807, 2.05) is 0 Å². The number of benzene rings is 6. The summed E-state index contributed by atoms with van der Waals surface area (Å²) in [6.45, 7) is 41.8. The molecule has 0 aliphatic heterocycles. The Balaban J connectivity index is 1.50. The van der Waals surface area contributed by atoms with Gasteiger partial charge in [-0.25, -0.2) is 0 Å². The molecule has 6 rings (SSSR count). The van der Waals surface area contributed by atoms with Gasteiger partial charge in [0.1, 0.15) is 0 Å². The second-order valence-electron chi connectivity index (χ2n) is 25.5. The van der Waals surface area contributed by atoms with Crippen LogP contribution in [0.25, 0.3) is 0 Å². The largest absolute Gasteiger partial charge is 0.247 e. The third-order valence-electron chi connectivity index (χ3n) is 13.4. The van der Waals surface area contributed by atoms with Gasteiger partial charge in [-0.3, -0.25) is 0 Å². The van der Waals surface area contributed by atoms with Crippen molar-refractivity contribution < 1.29 is 0 Å². The molecule has 0 radical (unpaired) electrons. The molecule has 0 N–H and O–H groups in total. The lowest BCUT2D eigenvalue weighted by Gasteiger charge is -2.29. The van der Waals surface area contributed by atoms with E-state index >= 15 is 0 Å². The molecule has 0 saturated heterocycles. The van der Waals surface area contributed by atoms with Crippen molar-refractivity contribution in [1.29, 1.82) is 0 Å². The van der Waals surface area contributed by atoms with Crippen molar-refractivity contribution in [3.05, 3.63) is 194 Å². The normalized spacial score (nSPS) is 13.3. The average molecular weight is 902 g/mol. The molecule has 0 unspecified atom stereocenters. The summed E-state index contributed by atoms with van der Waals surface area (Å²) in [5.74, 6) is 0. The standard InChI is InChI=1S/C63H81ClSi/c1-58(2,3)49-31-46(32-50(40-49)59(4,5)6)28-43-22-19-25-55(37-43)65(64,56-26-20-23-44(38-56)29-47-33-51(60(7,8)9)41-52(34-47)61(10,11)12)57-27-21-24-45(39-57)30-48-35-53(62(13,14)15)42-54(36-48)63(16,17)18/h19-27,31-42H,28-30H2,1-18H3. The van der Waals surface area contributed by atoms with Gasteiger partial charge in [-0.2, -0.15) is 0 Å². The molecule has 0 heterocycles. The van der Waals surface area contributed by atoms with Gasteiger partial charge >= 0.3 is 0 Å². The third kappa shape index (κ3) is 12.2. The van der Waals surface area contributed by atoms with Crippen molar-refractivity contribution in [3.63, 3.8) is 0 Å². The van der Waals surface area contributed by atoms with Gasteiger partial charge in [0.05, 0.1) is 0 Å².